The lowest BCUT2D eigenvalue weighted by Gasteiger charge is -2.42. The Balaban J connectivity index is 1.34. The Kier molecular flexibility index (Phi) is 11.2. The number of rotatable bonds is 11. The minimum atomic E-state index is -1.96. The topological polar surface area (TPSA) is 37.4 Å². The van der Waals surface area contributed by atoms with Crippen LogP contribution in [-0.2, 0) is 19.3 Å². The number of hydrogen-bond acceptors (Lipinski definition) is 6. The first-order valence-corrected chi connectivity index (χ1v) is 17.6. The van der Waals surface area contributed by atoms with Crippen molar-refractivity contribution in [2.75, 3.05) is 72.7 Å². The molecule has 0 aromatic heterocycles. The smallest absolute Gasteiger partial charge is 0.242 e. The molecular weight excluding hydrogens is 551 g/mol. The molecule has 0 radical (unpaired) electrons. The Morgan fingerprint density at radius 2 is 1.47 bits per heavy atom. The van der Waals surface area contributed by atoms with Crippen LogP contribution in [0.4, 0.5) is 0 Å². The van der Waals surface area contributed by atoms with E-state index in [1.54, 1.807) is 7.11 Å². The SMILES string of the molecule is COC[C@@H]1CN(CCN2CCN(C(O[SiH](c3ccccc3)c3ccccc3)c3ccc(C)c(C(C)(C)C)c3)CC2)CCO1. The van der Waals surface area contributed by atoms with Gasteiger partial charge >= 0.3 is 0 Å². The van der Waals surface area contributed by atoms with Crippen molar-refractivity contribution in [3.63, 3.8) is 0 Å². The third-order valence-electron chi connectivity index (χ3n) is 8.87. The number of benzene rings is 3. The molecule has 2 saturated heterocycles. The zero-order valence-electron chi connectivity index (χ0n) is 26.9. The highest BCUT2D eigenvalue weighted by molar-refractivity contribution is 6.80. The summed E-state index contributed by atoms with van der Waals surface area (Å²) in [5.74, 6) is 0. The number of piperazine rings is 1. The maximum Gasteiger partial charge on any atom is 0.242 e. The molecule has 0 aliphatic carbocycles. The van der Waals surface area contributed by atoms with Crippen LogP contribution in [0.5, 0.6) is 0 Å². The van der Waals surface area contributed by atoms with Crippen LogP contribution in [0, 0.1) is 6.92 Å². The minimum absolute atomic E-state index is 0.0702. The molecule has 43 heavy (non-hydrogen) atoms. The number of methoxy groups -OCH3 is 1. The summed E-state index contributed by atoms with van der Waals surface area (Å²) in [6.45, 7) is 18.8. The number of hydrogen-bond donors (Lipinski definition) is 0. The minimum Gasteiger partial charge on any atom is -0.392 e. The normalized spacial score (nSPS) is 20.0. The first kappa shape index (κ1) is 32.0. The highest BCUT2D eigenvalue weighted by Crippen LogP contribution is 2.32. The molecule has 0 bridgehead atoms. The Hall–Kier alpha value is -2.36. The van der Waals surface area contributed by atoms with Crippen molar-refractivity contribution in [1.29, 1.82) is 0 Å². The quantitative estimate of drug-likeness (QED) is 0.311. The molecule has 6 nitrogen and oxygen atoms in total. The first-order valence-electron chi connectivity index (χ1n) is 16.0. The zero-order valence-corrected chi connectivity index (χ0v) is 28.0. The lowest BCUT2D eigenvalue weighted by molar-refractivity contribution is -0.0639. The third-order valence-corrected chi connectivity index (χ3v) is 11.4. The van der Waals surface area contributed by atoms with Crippen molar-refractivity contribution in [2.24, 2.45) is 0 Å². The van der Waals surface area contributed by atoms with Gasteiger partial charge in [-0.2, -0.15) is 0 Å². The van der Waals surface area contributed by atoms with E-state index in [4.69, 9.17) is 13.9 Å². The lowest BCUT2D eigenvalue weighted by atomic mass is 9.83. The number of morpholine rings is 1. The van der Waals surface area contributed by atoms with Crippen molar-refractivity contribution < 1.29 is 13.9 Å². The van der Waals surface area contributed by atoms with E-state index in [2.05, 4.69) is 121 Å². The van der Waals surface area contributed by atoms with Gasteiger partial charge in [0.1, 0.15) is 6.23 Å². The van der Waals surface area contributed by atoms with Crippen molar-refractivity contribution in [3.05, 3.63) is 95.6 Å². The van der Waals surface area contributed by atoms with E-state index < -0.39 is 9.04 Å². The molecule has 0 saturated carbocycles. The molecule has 0 spiro atoms. The van der Waals surface area contributed by atoms with Gasteiger partial charge in [-0.25, -0.2) is 0 Å². The number of aryl methyl sites for hydroxylation is 1. The fourth-order valence-corrected chi connectivity index (χ4v) is 8.92. The van der Waals surface area contributed by atoms with Gasteiger partial charge in [0.05, 0.1) is 19.3 Å². The average Bonchev–Trinajstić information content (AvgIpc) is 3.02. The van der Waals surface area contributed by atoms with Gasteiger partial charge in [-0.1, -0.05) is 99.6 Å². The summed E-state index contributed by atoms with van der Waals surface area (Å²) in [5.41, 5.74) is 4.08. The van der Waals surface area contributed by atoms with E-state index in [0.717, 1.165) is 59.0 Å². The maximum absolute atomic E-state index is 7.39. The summed E-state index contributed by atoms with van der Waals surface area (Å²) in [6, 6.07) is 28.8. The molecule has 3 aromatic rings. The molecular formula is C36H51N3O3Si. The molecule has 2 heterocycles. The zero-order chi connectivity index (χ0) is 30.2. The molecule has 0 amide bonds. The van der Waals surface area contributed by atoms with E-state index in [1.165, 1.54) is 27.1 Å². The van der Waals surface area contributed by atoms with Crippen LogP contribution < -0.4 is 10.4 Å². The van der Waals surface area contributed by atoms with E-state index in [1.807, 2.05) is 0 Å². The van der Waals surface area contributed by atoms with Crippen LogP contribution >= 0.6 is 0 Å². The summed E-state index contributed by atoms with van der Waals surface area (Å²) in [5, 5.41) is 2.63. The van der Waals surface area contributed by atoms with Crippen LogP contribution in [0.25, 0.3) is 0 Å². The Morgan fingerprint density at radius 3 is 2.07 bits per heavy atom. The van der Waals surface area contributed by atoms with Gasteiger partial charge in [0.15, 0.2) is 0 Å². The second kappa shape index (κ2) is 15.1. The summed E-state index contributed by atoms with van der Waals surface area (Å²) in [7, 11) is -0.210. The van der Waals surface area contributed by atoms with Crippen molar-refractivity contribution in [3.8, 4) is 0 Å². The van der Waals surface area contributed by atoms with Gasteiger partial charge in [-0.15, -0.1) is 0 Å². The maximum atomic E-state index is 7.39. The Morgan fingerprint density at radius 1 is 0.837 bits per heavy atom. The highest BCUT2D eigenvalue weighted by atomic mass is 28.3. The molecule has 7 heteroatoms. The standard InChI is InChI=1S/C36H51N3O3Si/c1-29-16-17-30(26-34(29)36(2,3)4)35(42-43(32-12-8-6-9-13-32)33-14-10-7-11-15-33)39-22-20-37(21-23-39)18-19-38-24-25-41-31(27-38)28-40-5/h6-17,26,31,35,43H,18-25,27-28H2,1-5H3/t31-,35?/m0/s1. The predicted octanol–water partition coefficient (Wildman–Crippen LogP) is 3.81. The van der Waals surface area contributed by atoms with E-state index in [0.29, 0.717) is 6.61 Å². The van der Waals surface area contributed by atoms with E-state index in [-0.39, 0.29) is 17.7 Å². The summed E-state index contributed by atoms with van der Waals surface area (Å²) in [6.07, 6.45) is 0.0994. The van der Waals surface area contributed by atoms with Gasteiger partial charge in [0, 0.05) is 59.5 Å². The van der Waals surface area contributed by atoms with Crippen LogP contribution in [-0.4, -0.2) is 103 Å². The predicted molar refractivity (Wildman–Crippen MR) is 179 cm³/mol. The lowest BCUT2D eigenvalue weighted by Crippen LogP contribution is -2.53. The fourth-order valence-electron chi connectivity index (χ4n) is 6.49. The Labute approximate surface area is 261 Å². The van der Waals surface area contributed by atoms with Crippen LogP contribution in [0.1, 0.15) is 43.7 Å². The average molecular weight is 602 g/mol. The van der Waals surface area contributed by atoms with E-state index >= 15 is 0 Å². The molecule has 3 aromatic carbocycles. The highest BCUT2D eigenvalue weighted by Gasteiger charge is 2.31. The second-order valence-electron chi connectivity index (χ2n) is 13.1. The van der Waals surface area contributed by atoms with Gasteiger partial charge in [0.2, 0.25) is 9.04 Å². The van der Waals surface area contributed by atoms with E-state index in [9.17, 15) is 0 Å². The summed E-state index contributed by atoms with van der Waals surface area (Å²) in [4.78, 5) is 7.73. The molecule has 232 valence electrons. The largest absolute Gasteiger partial charge is 0.392 e. The van der Waals surface area contributed by atoms with Crippen molar-refractivity contribution >= 4 is 19.4 Å². The molecule has 2 atom stereocenters. The van der Waals surface area contributed by atoms with Crippen LogP contribution in [0.3, 0.4) is 0 Å². The van der Waals surface area contributed by atoms with Crippen molar-refractivity contribution in [1.82, 2.24) is 14.7 Å². The first-order chi connectivity index (χ1) is 20.8. The number of nitrogens with zero attached hydrogens (tertiary/aromatic N) is 3. The van der Waals surface area contributed by atoms with Gasteiger partial charge in [-0.05, 0) is 39.4 Å². The number of ether oxygens (including phenoxy) is 2. The molecule has 1 unspecified atom stereocenters. The third kappa shape index (κ3) is 8.63. The summed E-state index contributed by atoms with van der Waals surface area (Å²) >= 11 is 0. The molecule has 5 rings (SSSR count). The van der Waals surface area contributed by atoms with Crippen LogP contribution in [0.2, 0.25) is 0 Å². The fraction of sp³-hybridized carbons (Fsp3) is 0.500. The summed E-state index contributed by atoms with van der Waals surface area (Å²) < 4.78 is 18.6. The molecule has 0 N–H and O–H groups in total. The van der Waals surface area contributed by atoms with Crippen molar-refractivity contribution in [2.45, 2.75) is 45.4 Å². The van der Waals surface area contributed by atoms with Gasteiger partial charge in [0.25, 0.3) is 0 Å². The van der Waals surface area contributed by atoms with Gasteiger partial charge in [-0.3, -0.25) is 14.7 Å². The Bertz CT molecular complexity index is 1220. The molecule has 2 fully saturated rings. The molecule has 2 aliphatic rings. The second-order valence-corrected chi connectivity index (χ2v) is 15.5. The molecule has 2 aliphatic heterocycles. The monoisotopic (exact) mass is 601 g/mol. The van der Waals surface area contributed by atoms with Gasteiger partial charge < -0.3 is 13.9 Å². The van der Waals surface area contributed by atoms with Crippen LogP contribution in [0.15, 0.2) is 78.9 Å².